The predicted molar refractivity (Wildman–Crippen MR) is 111 cm³/mol. The van der Waals surface area contributed by atoms with Gasteiger partial charge in [0.25, 0.3) is 5.91 Å². The van der Waals surface area contributed by atoms with Crippen LogP contribution in [0.3, 0.4) is 0 Å². The molecule has 0 aromatic heterocycles. The van der Waals surface area contributed by atoms with Crippen molar-refractivity contribution < 1.29 is 28.6 Å². The summed E-state index contributed by atoms with van der Waals surface area (Å²) in [5, 5.41) is 2.64. The molecule has 0 aliphatic carbocycles. The molecule has 8 nitrogen and oxygen atoms in total. The number of rotatable bonds is 7. The highest BCUT2D eigenvalue weighted by Crippen LogP contribution is 2.34. The zero-order valence-corrected chi connectivity index (χ0v) is 17.1. The van der Waals surface area contributed by atoms with Gasteiger partial charge in [0.15, 0.2) is 6.61 Å². The number of carbonyl (C=O) groups excluding carboxylic acids is 3. The number of methoxy groups -OCH3 is 2. The van der Waals surface area contributed by atoms with E-state index in [-0.39, 0.29) is 18.9 Å². The van der Waals surface area contributed by atoms with Crippen molar-refractivity contribution in [2.45, 2.75) is 13.3 Å². The van der Waals surface area contributed by atoms with Crippen molar-refractivity contribution >= 4 is 29.2 Å². The van der Waals surface area contributed by atoms with Gasteiger partial charge in [-0.3, -0.25) is 14.4 Å². The molecule has 1 fully saturated rings. The van der Waals surface area contributed by atoms with E-state index < -0.39 is 24.4 Å². The molecule has 0 radical (unpaired) electrons. The molecule has 2 aromatic rings. The van der Waals surface area contributed by atoms with Crippen LogP contribution in [0.1, 0.15) is 12.0 Å². The van der Waals surface area contributed by atoms with Crippen molar-refractivity contribution in [3.8, 4) is 11.5 Å². The van der Waals surface area contributed by atoms with E-state index in [4.69, 9.17) is 14.2 Å². The zero-order chi connectivity index (χ0) is 21.7. The minimum absolute atomic E-state index is 0.0213. The number of ether oxygens (including phenoxy) is 3. The van der Waals surface area contributed by atoms with E-state index in [2.05, 4.69) is 5.32 Å². The number of nitrogens with zero attached hydrogens (tertiary/aromatic N) is 1. The van der Waals surface area contributed by atoms with Gasteiger partial charge in [0.05, 0.1) is 25.8 Å². The summed E-state index contributed by atoms with van der Waals surface area (Å²) < 4.78 is 15.6. The molecule has 2 aromatic carbocycles. The molecular weight excluding hydrogens is 388 g/mol. The van der Waals surface area contributed by atoms with Crippen LogP contribution in [0, 0.1) is 12.8 Å². The Kier molecular flexibility index (Phi) is 6.56. The first-order valence-corrected chi connectivity index (χ1v) is 9.47. The molecule has 8 heteroatoms. The average Bonchev–Trinajstić information content (AvgIpc) is 3.13. The smallest absolute Gasteiger partial charge is 0.311 e. The van der Waals surface area contributed by atoms with E-state index in [1.165, 1.54) is 19.1 Å². The van der Waals surface area contributed by atoms with Crippen LogP contribution in [0.4, 0.5) is 11.4 Å². The van der Waals surface area contributed by atoms with Gasteiger partial charge in [-0.1, -0.05) is 12.1 Å². The van der Waals surface area contributed by atoms with Crippen LogP contribution in [-0.2, 0) is 19.1 Å². The van der Waals surface area contributed by atoms with Crippen molar-refractivity contribution in [2.24, 2.45) is 5.92 Å². The van der Waals surface area contributed by atoms with Gasteiger partial charge in [-0.25, -0.2) is 0 Å². The molecular formula is C22H24N2O6. The summed E-state index contributed by atoms with van der Waals surface area (Å²) in [7, 11) is 3.06. The van der Waals surface area contributed by atoms with Gasteiger partial charge in [0.2, 0.25) is 5.91 Å². The van der Waals surface area contributed by atoms with Gasteiger partial charge in [-0.15, -0.1) is 0 Å². The second-order valence-corrected chi connectivity index (χ2v) is 6.97. The molecule has 1 N–H and O–H groups in total. The highest BCUT2D eigenvalue weighted by atomic mass is 16.5. The minimum Gasteiger partial charge on any atom is -0.497 e. The normalized spacial score (nSPS) is 15.6. The average molecular weight is 412 g/mol. The number of anilines is 2. The van der Waals surface area contributed by atoms with Crippen molar-refractivity contribution in [1.29, 1.82) is 0 Å². The molecule has 1 atom stereocenters. The summed E-state index contributed by atoms with van der Waals surface area (Å²) in [4.78, 5) is 38.5. The number of hydrogen-bond acceptors (Lipinski definition) is 6. The van der Waals surface area contributed by atoms with E-state index in [9.17, 15) is 14.4 Å². The first-order chi connectivity index (χ1) is 14.4. The lowest BCUT2D eigenvalue weighted by molar-refractivity contribution is -0.151. The number of esters is 1. The van der Waals surface area contributed by atoms with Gasteiger partial charge in [0.1, 0.15) is 11.5 Å². The predicted octanol–water partition coefficient (Wildman–Crippen LogP) is 2.55. The summed E-state index contributed by atoms with van der Waals surface area (Å²) in [6.07, 6.45) is 0.0213. The third-order valence-electron chi connectivity index (χ3n) is 4.78. The molecule has 158 valence electrons. The van der Waals surface area contributed by atoms with E-state index >= 15 is 0 Å². The second kappa shape index (κ2) is 9.30. The Balaban J connectivity index is 1.57. The summed E-state index contributed by atoms with van der Waals surface area (Å²) in [5.74, 6) is -0.744. The Labute approximate surface area is 174 Å². The fourth-order valence-electron chi connectivity index (χ4n) is 3.26. The Hall–Kier alpha value is -3.55. The van der Waals surface area contributed by atoms with Crippen LogP contribution in [0.25, 0.3) is 0 Å². The fourth-order valence-corrected chi connectivity index (χ4v) is 3.26. The van der Waals surface area contributed by atoms with E-state index in [1.807, 2.05) is 19.1 Å². The minimum atomic E-state index is -0.646. The van der Waals surface area contributed by atoms with Crippen molar-refractivity contribution in [2.75, 3.05) is 37.6 Å². The number of aryl methyl sites for hydroxylation is 1. The highest BCUT2D eigenvalue weighted by molar-refractivity contribution is 6.01. The van der Waals surface area contributed by atoms with Crippen LogP contribution >= 0.6 is 0 Å². The Morgan fingerprint density at radius 1 is 1.13 bits per heavy atom. The SMILES string of the molecule is COc1cccc(NC(=O)COC(=O)[C@H]2CC(=O)N(c3cc(C)ccc3OC)C2)c1. The Morgan fingerprint density at radius 3 is 2.67 bits per heavy atom. The summed E-state index contributed by atoms with van der Waals surface area (Å²) in [5.41, 5.74) is 2.12. The lowest BCUT2D eigenvalue weighted by atomic mass is 10.1. The molecule has 1 aliphatic rings. The number of amides is 2. The number of hydrogen-bond donors (Lipinski definition) is 1. The van der Waals surface area contributed by atoms with Crippen molar-refractivity contribution in [1.82, 2.24) is 0 Å². The van der Waals surface area contributed by atoms with Crippen LogP contribution in [-0.4, -0.2) is 45.2 Å². The number of carbonyl (C=O) groups is 3. The van der Waals surface area contributed by atoms with Gasteiger partial charge >= 0.3 is 5.97 Å². The van der Waals surface area contributed by atoms with E-state index in [1.54, 1.807) is 30.3 Å². The lowest BCUT2D eigenvalue weighted by Gasteiger charge is -2.20. The largest absolute Gasteiger partial charge is 0.497 e. The molecule has 1 aliphatic heterocycles. The second-order valence-electron chi connectivity index (χ2n) is 6.97. The summed E-state index contributed by atoms with van der Waals surface area (Å²) in [6, 6.07) is 12.3. The van der Waals surface area contributed by atoms with Gasteiger partial charge in [0, 0.05) is 24.7 Å². The molecule has 0 saturated carbocycles. The van der Waals surface area contributed by atoms with Crippen molar-refractivity contribution in [3.05, 3.63) is 48.0 Å². The number of nitrogens with one attached hydrogen (secondary N) is 1. The summed E-state index contributed by atoms with van der Waals surface area (Å²) >= 11 is 0. The summed E-state index contributed by atoms with van der Waals surface area (Å²) in [6.45, 7) is 1.65. The molecule has 3 rings (SSSR count). The first-order valence-electron chi connectivity index (χ1n) is 9.47. The van der Waals surface area contributed by atoms with Crippen LogP contribution in [0.15, 0.2) is 42.5 Å². The van der Waals surface area contributed by atoms with E-state index in [0.717, 1.165) is 5.56 Å². The lowest BCUT2D eigenvalue weighted by Crippen LogP contribution is -2.28. The van der Waals surface area contributed by atoms with Crippen LogP contribution < -0.4 is 19.7 Å². The third kappa shape index (κ3) is 4.89. The van der Waals surface area contributed by atoms with Crippen molar-refractivity contribution in [3.63, 3.8) is 0 Å². The quantitative estimate of drug-likeness (QED) is 0.703. The topological polar surface area (TPSA) is 94.2 Å². The zero-order valence-electron chi connectivity index (χ0n) is 17.1. The van der Waals surface area contributed by atoms with Gasteiger partial charge in [-0.05, 0) is 36.8 Å². The fraction of sp³-hybridized carbons (Fsp3) is 0.318. The molecule has 2 amide bonds. The molecule has 0 bridgehead atoms. The standard InChI is InChI=1S/C22H24N2O6/c1-14-7-8-19(29-3)18(9-14)24-12-15(10-21(24)26)22(27)30-13-20(25)23-16-5-4-6-17(11-16)28-2/h4-9,11,15H,10,12-13H2,1-3H3,(H,23,25)/t15-/m0/s1. The third-order valence-corrected chi connectivity index (χ3v) is 4.78. The molecule has 0 unspecified atom stereocenters. The monoisotopic (exact) mass is 412 g/mol. The van der Waals surface area contributed by atoms with Gasteiger partial charge in [-0.2, -0.15) is 0 Å². The van der Waals surface area contributed by atoms with Gasteiger partial charge < -0.3 is 24.4 Å². The molecule has 0 spiro atoms. The Morgan fingerprint density at radius 2 is 1.93 bits per heavy atom. The van der Waals surface area contributed by atoms with Crippen LogP contribution in [0.2, 0.25) is 0 Å². The maximum absolute atomic E-state index is 12.5. The maximum atomic E-state index is 12.5. The van der Waals surface area contributed by atoms with Crippen LogP contribution in [0.5, 0.6) is 11.5 Å². The molecule has 30 heavy (non-hydrogen) atoms. The number of benzene rings is 2. The highest BCUT2D eigenvalue weighted by Gasteiger charge is 2.37. The molecule has 1 saturated heterocycles. The van der Waals surface area contributed by atoms with E-state index in [0.29, 0.717) is 22.9 Å². The maximum Gasteiger partial charge on any atom is 0.311 e. The first kappa shape index (κ1) is 21.2. The Bertz CT molecular complexity index is 958. The molecule has 1 heterocycles.